The lowest BCUT2D eigenvalue weighted by Gasteiger charge is -2.36. The predicted molar refractivity (Wildman–Crippen MR) is 436 cm³/mol. The Morgan fingerprint density at radius 2 is 0.899 bits per heavy atom. The fourth-order valence-corrected chi connectivity index (χ4v) is 12.8. The van der Waals surface area contributed by atoms with Gasteiger partial charge in [-0.3, -0.25) is 34.9 Å². The lowest BCUT2D eigenvalue weighted by atomic mass is 10.0. The second-order valence-electron chi connectivity index (χ2n) is 23.5. The molecule has 24 heteroatoms. The molecule has 2 N–H and O–H groups in total. The van der Waals surface area contributed by atoms with Gasteiger partial charge in [0.25, 0.3) is 11.4 Å². The number of unbranched alkanes of at least 4 members (excludes halogenated alkanes) is 3. The smallest absolute Gasteiger partial charge is 0.336 e. The van der Waals surface area contributed by atoms with E-state index in [9.17, 15) is 29.8 Å². The molecule has 0 aliphatic carbocycles. The third-order valence-electron chi connectivity index (χ3n) is 16.9. The van der Waals surface area contributed by atoms with Crippen molar-refractivity contribution in [3.05, 3.63) is 245 Å². The van der Waals surface area contributed by atoms with Crippen LogP contribution in [-0.2, 0) is 6.42 Å². The Bertz CT molecular complexity index is 3740. The van der Waals surface area contributed by atoms with Crippen molar-refractivity contribution in [2.75, 3.05) is 149 Å². The predicted octanol–water partition coefficient (Wildman–Crippen LogP) is 14.9. The SMILES string of the molecule is C=CCCBr.C=CCCN1CCN(c2ccccc2)CC1.CCCCCN1CCN(c2ccccc2)CC1.O=c1ccc2c(CCCCN3CCN(c4ccccc4)CC3)c([N+](=O)[O-])ccc2o1.O=c1ccc2c(I)c([N+](=O)[O-])ccc2o1.[2H]N(P)I.[B].c1ccc(N2CCNCC2)cc1. The zero-order valence-corrected chi connectivity index (χ0v) is 64.1. The van der Waals surface area contributed by atoms with Crippen LogP contribution in [0.4, 0.5) is 34.1 Å². The van der Waals surface area contributed by atoms with Crippen LogP contribution in [0.2, 0.25) is 1.41 Å². The molecule has 0 amide bonds. The Morgan fingerprint density at radius 3 is 1.27 bits per heavy atom. The number of alkyl halides is 1. The van der Waals surface area contributed by atoms with E-state index in [2.05, 4.69) is 200 Å². The summed E-state index contributed by atoms with van der Waals surface area (Å²) in [5.74, 6) is 0. The maximum absolute atomic E-state index is 11.5. The quantitative estimate of drug-likeness (QED) is 0.00698. The molecule has 1 atom stereocenters. The highest BCUT2D eigenvalue weighted by Crippen LogP contribution is 2.30. The normalized spacial score (nSPS) is 14.8. The van der Waals surface area contributed by atoms with Gasteiger partial charge in [0.2, 0.25) is 0 Å². The molecule has 2 aromatic heterocycles. The molecule has 529 valence electrons. The molecule has 6 aromatic carbocycles. The minimum absolute atomic E-state index is 0. The number of nitro groups is 2. The topological polar surface area (TPSA) is 193 Å². The van der Waals surface area contributed by atoms with Gasteiger partial charge in [0, 0.05) is 211 Å². The minimum Gasteiger partial charge on any atom is -0.423 e. The largest absolute Gasteiger partial charge is 0.423 e. The fourth-order valence-electron chi connectivity index (χ4n) is 11.6. The standard InChI is InChI=1S/C23H25N3O4.C15H24N2.C14H20N2.C10H14N2.C9H4INO4.C4H7Br.B.H3INP/c27-23-12-9-20-19(21(26(28)29)10-11-22(20)30-23)8-4-5-13-24-14-16-25(17-15-24)18-6-2-1-3-7-18;1-2-3-7-10-16-11-13-17(14-12-16)15-8-5-4-6-9-15;1-2-3-9-15-10-12-16(13-11-15)14-7-5-4-6-8-14;1-2-4-10(5-3-1)12-8-6-11-7-9-12;10-9-5-1-4-8(12)15-7(5)3-2-6(9)11(13)14;1-2-3-4-5;;1-2-3/h1-3,6-7,9-12H,4-5,8,13-17H2;4-6,8-9H,2-3,7,10-14H2,1H3;2,4-8H,1,3,9-13H2;1-5,11H,6-9H2;1-4H;2H,1,3-4H2;;2H,3H2/i/hD. The Kier molecular flexibility index (Phi) is 39.7. The number of hydrogen-bond acceptors (Lipinski definition) is 17. The molecular formula is C75H97BBrI2N11O8P. The number of aryl methyl sites for hydroxylation is 1. The number of rotatable bonds is 20. The molecule has 8 aromatic rings. The van der Waals surface area contributed by atoms with Crippen LogP contribution in [0, 0.1) is 23.8 Å². The molecule has 4 fully saturated rings. The summed E-state index contributed by atoms with van der Waals surface area (Å²) >= 11 is 6.91. The third-order valence-corrected chi connectivity index (χ3v) is 18.5. The lowest BCUT2D eigenvalue weighted by molar-refractivity contribution is -0.385. The van der Waals surface area contributed by atoms with Gasteiger partial charge in [-0.25, -0.2) is 12.9 Å². The molecule has 4 aliphatic rings. The summed E-state index contributed by atoms with van der Waals surface area (Å²) < 4.78 is 18.1. The van der Waals surface area contributed by atoms with Gasteiger partial charge in [-0.15, -0.1) is 13.2 Å². The van der Waals surface area contributed by atoms with Gasteiger partial charge in [-0.05, 0) is 147 Å². The average molecular weight is 1660 g/mol. The van der Waals surface area contributed by atoms with E-state index in [4.69, 9.17) is 10.2 Å². The minimum atomic E-state index is -0.466. The highest BCUT2D eigenvalue weighted by molar-refractivity contribution is 14.1. The number of allylic oxidation sites excluding steroid dienone is 1. The number of piperazine rings is 4. The van der Waals surface area contributed by atoms with Crippen LogP contribution < -0.4 is 39.5 Å². The van der Waals surface area contributed by atoms with Crippen molar-refractivity contribution < 1.29 is 20.1 Å². The van der Waals surface area contributed by atoms with Crippen molar-refractivity contribution in [3.63, 3.8) is 0 Å². The number of halogens is 3. The Morgan fingerprint density at radius 1 is 0.535 bits per heavy atom. The fraction of sp³-hybridized carbons (Fsp3) is 0.387. The molecule has 0 bridgehead atoms. The summed E-state index contributed by atoms with van der Waals surface area (Å²) in [7, 11) is 2.14. The first-order chi connectivity index (χ1) is 48.1. The monoisotopic (exact) mass is 1660 g/mol. The molecule has 19 nitrogen and oxygen atoms in total. The van der Waals surface area contributed by atoms with Crippen LogP contribution in [0.1, 0.15) is 57.4 Å². The highest BCUT2D eigenvalue weighted by atomic mass is 127. The first-order valence-corrected chi connectivity index (χ1v) is 37.4. The van der Waals surface area contributed by atoms with E-state index in [0.29, 0.717) is 37.5 Å². The van der Waals surface area contributed by atoms with Gasteiger partial charge in [0.05, 0.1) is 9.85 Å². The molecule has 0 spiro atoms. The van der Waals surface area contributed by atoms with E-state index < -0.39 is 16.2 Å². The van der Waals surface area contributed by atoms with Crippen LogP contribution in [0.25, 0.3) is 21.9 Å². The van der Waals surface area contributed by atoms with Gasteiger partial charge in [-0.1, -0.05) is 130 Å². The number of nitro benzene ring substituents is 2. The maximum atomic E-state index is 11.5. The Balaban J connectivity index is 0.000000225. The van der Waals surface area contributed by atoms with E-state index in [1.165, 1.54) is 130 Å². The van der Waals surface area contributed by atoms with E-state index in [1.54, 1.807) is 28.9 Å². The molecule has 99 heavy (non-hydrogen) atoms. The second-order valence-corrected chi connectivity index (χ2v) is 27.2. The van der Waals surface area contributed by atoms with Gasteiger partial charge < -0.3 is 33.8 Å². The van der Waals surface area contributed by atoms with E-state index in [-0.39, 0.29) is 24.7 Å². The summed E-state index contributed by atoms with van der Waals surface area (Å²) in [6.07, 6.45) is 12.5. The maximum Gasteiger partial charge on any atom is 0.336 e. The molecule has 4 saturated heterocycles. The van der Waals surface area contributed by atoms with Crippen LogP contribution in [0.15, 0.2) is 214 Å². The number of fused-ring (bicyclic) bond motifs is 2. The number of hydrogen-bond donors (Lipinski definition) is 2. The first-order valence-electron chi connectivity index (χ1n) is 34.2. The zero-order chi connectivity index (χ0) is 71.0. The van der Waals surface area contributed by atoms with Crippen LogP contribution >= 0.6 is 70.8 Å². The van der Waals surface area contributed by atoms with Gasteiger partial charge in [-0.2, -0.15) is 0 Å². The number of anilines is 4. The second kappa shape index (κ2) is 48.3. The van der Waals surface area contributed by atoms with Crippen LogP contribution in [0.5, 0.6) is 0 Å². The summed E-state index contributed by atoms with van der Waals surface area (Å²) in [6.45, 7) is 30.9. The summed E-state index contributed by atoms with van der Waals surface area (Å²) in [5.41, 5.74) is 5.94. The summed E-state index contributed by atoms with van der Waals surface area (Å²) in [5, 5.41) is 27.7. The Hall–Kier alpha value is -6.55. The van der Waals surface area contributed by atoms with E-state index >= 15 is 0 Å². The van der Waals surface area contributed by atoms with Crippen LogP contribution in [0.3, 0.4) is 0 Å². The first kappa shape index (κ1) is 81.4. The number of nitrogens with one attached hydrogen (secondary N) is 2. The molecule has 12 rings (SSSR count). The molecular weight excluding hydrogens is 1560 g/mol. The third kappa shape index (κ3) is 29.5. The molecule has 1 unspecified atom stereocenters. The van der Waals surface area contributed by atoms with Gasteiger partial charge >= 0.3 is 11.3 Å². The van der Waals surface area contributed by atoms with Crippen molar-refractivity contribution in [1.29, 1.82) is 0 Å². The summed E-state index contributed by atoms with van der Waals surface area (Å²) in [6, 6.07) is 53.9. The highest BCUT2D eigenvalue weighted by Gasteiger charge is 2.22. The van der Waals surface area contributed by atoms with Crippen molar-refractivity contribution in [3.8, 4) is 0 Å². The van der Waals surface area contributed by atoms with Crippen molar-refractivity contribution >= 4 is 135 Å². The molecule has 4 aliphatic heterocycles. The van der Waals surface area contributed by atoms with E-state index in [1.807, 2.05) is 40.8 Å². The summed E-state index contributed by atoms with van der Waals surface area (Å²) in [4.78, 5) is 61.0. The molecule has 6 heterocycles. The van der Waals surface area contributed by atoms with Crippen molar-refractivity contribution in [2.45, 2.75) is 58.3 Å². The molecule has 0 saturated carbocycles. The van der Waals surface area contributed by atoms with E-state index in [0.717, 1.165) is 113 Å². The van der Waals surface area contributed by atoms with Crippen molar-refractivity contribution in [1.82, 2.24) is 23.3 Å². The number of benzene rings is 6. The Labute approximate surface area is 626 Å². The van der Waals surface area contributed by atoms with Gasteiger partial charge in [0.15, 0.2) is 0 Å². The number of para-hydroxylation sites is 4. The number of nitrogens with zero attached hydrogens (tertiary/aromatic N) is 9. The van der Waals surface area contributed by atoms with Gasteiger partial charge in [0.1, 0.15) is 16.1 Å². The van der Waals surface area contributed by atoms with Crippen molar-refractivity contribution in [2.24, 2.45) is 0 Å². The zero-order valence-electron chi connectivity index (χ0n) is 58.1. The lowest BCUT2D eigenvalue weighted by Crippen LogP contribution is -2.46. The average Bonchev–Trinajstić information content (AvgIpc) is 0.799. The molecule has 3 radical (unpaired) electrons. The van der Waals surface area contributed by atoms with Crippen LogP contribution in [-0.4, -0.2) is 163 Å².